The highest BCUT2D eigenvalue weighted by atomic mass is 35.5. The van der Waals surface area contributed by atoms with Crippen LogP contribution in [0.5, 0.6) is 0 Å². The molecule has 0 unspecified atom stereocenters. The van der Waals surface area contributed by atoms with Gasteiger partial charge in [-0.3, -0.25) is 0 Å². The number of aromatic nitrogens is 4. The van der Waals surface area contributed by atoms with E-state index in [9.17, 15) is 5.11 Å². The number of para-hydroxylation sites is 1. The zero-order valence-electron chi connectivity index (χ0n) is 15.2. The molecule has 0 saturated carbocycles. The van der Waals surface area contributed by atoms with Crippen LogP contribution in [0.4, 0.5) is 0 Å². The molecular formula is C20H17ClN4O2S. The number of rotatable bonds is 5. The van der Waals surface area contributed by atoms with Gasteiger partial charge in [-0.1, -0.05) is 46.7 Å². The lowest BCUT2D eigenvalue weighted by Crippen LogP contribution is -2.15. The van der Waals surface area contributed by atoms with Crippen molar-refractivity contribution in [3.63, 3.8) is 0 Å². The third-order valence-electron chi connectivity index (χ3n) is 3.90. The highest BCUT2D eigenvalue weighted by Crippen LogP contribution is 2.36. The summed E-state index contributed by atoms with van der Waals surface area (Å²) in [5, 5.41) is 19.5. The first-order valence-corrected chi connectivity index (χ1v) is 9.75. The monoisotopic (exact) mass is 412 g/mol. The van der Waals surface area contributed by atoms with Gasteiger partial charge in [-0.05, 0) is 50.2 Å². The smallest absolute Gasteiger partial charge is 0.258 e. The lowest BCUT2D eigenvalue weighted by atomic mass is 10.1. The Morgan fingerprint density at radius 3 is 2.43 bits per heavy atom. The van der Waals surface area contributed by atoms with Gasteiger partial charge < -0.3 is 9.63 Å². The molecule has 2 aromatic carbocycles. The summed E-state index contributed by atoms with van der Waals surface area (Å²) in [6, 6.07) is 17.3. The van der Waals surface area contributed by atoms with Crippen molar-refractivity contribution in [3.05, 3.63) is 71.7 Å². The summed E-state index contributed by atoms with van der Waals surface area (Å²) in [5.41, 5.74) is 0.262. The van der Waals surface area contributed by atoms with Gasteiger partial charge in [0.05, 0.1) is 10.6 Å². The molecule has 0 spiro atoms. The molecule has 0 amide bonds. The van der Waals surface area contributed by atoms with E-state index in [1.165, 1.54) is 11.8 Å². The Morgan fingerprint density at radius 1 is 1.07 bits per heavy atom. The molecule has 0 atom stereocenters. The van der Waals surface area contributed by atoms with Crippen molar-refractivity contribution in [1.82, 2.24) is 19.9 Å². The van der Waals surface area contributed by atoms with Crippen LogP contribution in [-0.2, 0) is 5.60 Å². The Balaban J connectivity index is 1.77. The third kappa shape index (κ3) is 3.96. The predicted octanol–water partition coefficient (Wildman–Crippen LogP) is 4.95. The van der Waals surface area contributed by atoms with E-state index in [4.69, 9.17) is 16.1 Å². The Morgan fingerprint density at radius 2 is 1.79 bits per heavy atom. The van der Waals surface area contributed by atoms with Crippen molar-refractivity contribution >= 4 is 23.4 Å². The average molecular weight is 413 g/mol. The molecule has 0 bridgehead atoms. The van der Waals surface area contributed by atoms with Gasteiger partial charge >= 0.3 is 0 Å². The number of benzene rings is 2. The predicted molar refractivity (Wildman–Crippen MR) is 108 cm³/mol. The quantitative estimate of drug-likeness (QED) is 0.499. The third-order valence-corrected chi connectivity index (χ3v) is 5.18. The minimum absolute atomic E-state index is 0.138. The van der Waals surface area contributed by atoms with Crippen LogP contribution in [0.2, 0.25) is 5.02 Å². The summed E-state index contributed by atoms with van der Waals surface area (Å²) in [5.74, 6) is 0.461. The van der Waals surface area contributed by atoms with Crippen LogP contribution in [-0.4, -0.2) is 25.0 Å². The highest BCUT2D eigenvalue weighted by Gasteiger charge is 2.26. The van der Waals surface area contributed by atoms with Crippen molar-refractivity contribution in [2.24, 2.45) is 0 Å². The molecule has 142 valence electrons. The van der Waals surface area contributed by atoms with Gasteiger partial charge in [-0.2, -0.15) is 10.1 Å². The maximum absolute atomic E-state index is 10.1. The van der Waals surface area contributed by atoms with Gasteiger partial charge in [0.25, 0.3) is 5.89 Å². The van der Waals surface area contributed by atoms with E-state index in [1.54, 1.807) is 18.5 Å². The number of hydrogen-bond acceptors (Lipinski definition) is 6. The molecule has 0 saturated heterocycles. The summed E-state index contributed by atoms with van der Waals surface area (Å²) in [6.45, 7) is 3.19. The summed E-state index contributed by atoms with van der Waals surface area (Å²) in [4.78, 5) is 6.20. The van der Waals surface area contributed by atoms with Crippen LogP contribution >= 0.6 is 23.4 Å². The second-order valence-corrected chi connectivity index (χ2v) is 8.21. The summed E-state index contributed by atoms with van der Waals surface area (Å²) in [6.07, 6.45) is 1.92. The average Bonchev–Trinajstić information content (AvgIpc) is 3.31. The summed E-state index contributed by atoms with van der Waals surface area (Å²) >= 11 is 7.51. The fourth-order valence-corrected chi connectivity index (χ4v) is 3.53. The van der Waals surface area contributed by atoms with E-state index in [-0.39, 0.29) is 5.89 Å². The van der Waals surface area contributed by atoms with Crippen molar-refractivity contribution in [1.29, 1.82) is 0 Å². The van der Waals surface area contributed by atoms with E-state index in [2.05, 4.69) is 15.2 Å². The van der Waals surface area contributed by atoms with Crippen LogP contribution in [0.1, 0.15) is 19.7 Å². The molecule has 8 heteroatoms. The Hall–Kier alpha value is -2.61. The number of aliphatic hydroxyl groups is 1. The van der Waals surface area contributed by atoms with Gasteiger partial charge in [-0.25, -0.2) is 4.68 Å². The zero-order valence-corrected chi connectivity index (χ0v) is 16.8. The standard InChI is InChI=1S/C20H17ClN4O2S/c1-20(2,26)19-22-18(24-27-19)17-16(28-15-10-8-13(21)9-11-15)12-25(23-17)14-6-4-3-5-7-14/h3-12,26H,1-2H3. The lowest BCUT2D eigenvalue weighted by Gasteiger charge is -2.09. The second kappa shape index (κ2) is 7.43. The highest BCUT2D eigenvalue weighted by molar-refractivity contribution is 7.99. The van der Waals surface area contributed by atoms with Crippen LogP contribution in [0.15, 0.2) is 75.1 Å². The molecule has 0 radical (unpaired) electrons. The maximum atomic E-state index is 10.1. The molecule has 4 rings (SSSR count). The van der Waals surface area contributed by atoms with Gasteiger partial charge in [0, 0.05) is 16.1 Å². The van der Waals surface area contributed by atoms with Crippen molar-refractivity contribution in [3.8, 4) is 17.2 Å². The second-order valence-electron chi connectivity index (χ2n) is 6.66. The van der Waals surface area contributed by atoms with Gasteiger partial charge in [0.2, 0.25) is 5.82 Å². The Bertz CT molecular complexity index is 1090. The first kappa shape index (κ1) is 18.7. The molecule has 28 heavy (non-hydrogen) atoms. The fourth-order valence-electron chi connectivity index (χ4n) is 2.50. The Kier molecular flexibility index (Phi) is 4.97. The van der Waals surface area contributed by atoms with E-state index >= 15 is 0 Å². The van der Waals surface area contributed by atoms with Crippen molar-refractivity contribution < 1.29 is 9.63 Å². The molecule has 0 aliphatic carbocycles. The molecule has 1 N–H and O–H groups in total. The molecule has 4 aromatic rings. The molecule has 2 aromatic heterocycles. The zero-order chi connectivity index (χ0) is 19.7. The first-order valence-electron chi connectivity index (χ1n) is 8.55. The van der Waals surface area contributed by atoms with Crippen LogP contribution in [0.25, 0.3) is 17.2 Å². The minimum Gasteiger partial charge on any atom is -0.381 e. The molecule has 6 nitrogen and oxygen atoms in total. The molecular weight excluding hydrogens is 396 g/mol. The van der Waals surface area contributed by atoms with E-state index in [0.717, 1.165) is 15.5 Å². The lowest BCUT2D eigenvalue weighted by molar-refractivity contribution is 0.0420. The summed E-state index contributed by atoms with van der Waals surface area (Å²) < 4.78 is 7.00. The van der Waals surface area contributed by atoms with E-state index in [1.807, 2.05) is 60.8 Å². The van der Waals surface area contributed by atoms with Crippen molar-refractivity contribution in [2.45, 2.75) is 29.2 Å². The Labute approximate surface area is 171 Å². The van der Waals surface area contributed by atoms with E-state index in [0.29, 0.717) is 16.5 Å². The number of nitrogens with zero attached hydrogens (tertiary/aromatic N) is 4. The topological polar surface area (TPSA) is 77.0 Å². The molecule has 0 fully saturated rings. The van der Waals surface area contributed by atoms with Crippen LogP contribution < -0.4 is 0 Å². The summed E-state index contributed by atoms with van der Waals surface area (Å²) in [7, 11) is 0. The van der Waals surface area contributed by atoms with E-state index < -0.39 is 5.60 Å². The molecule has 2 heterocycles. The van der Waals surface area contributed by atoms with Gasteiger partial charge in [0.15, 0.2) is 0 Å². The molecule has 0 aliphatic heterocycles. The van der Waals surface area contributed by atoms with Crippen LogP contribution in [0, 0.1) is 0 Å². The SMILES string of the molecule is CC(C)(O)c1nc(-c2nn(-c3ccccc3)cc2Sc2ccc(Cl)cc2)no1. The normalized spacial score (nSPS) is 11.7. The fraction of sp³-hybridized carbons (Fsp3) is 0.150. The van der Waals surface area contributed by atoms with Crippen molar-refractivity contribution in [2.75, 3.05) is 0 Å². The van der Waals surface area contributed by atoms with Gasteiger partial charge in [0.1, 0.15) is 11.3 Å². The largest absolute Gasteiger partial charge is 0.381 e. The number of hydrogen-bond donors (Lipinski definition) is 1. The number of halogens is 1. The molecule has 0 aliphatic rings. The van der Waals surface area contributed by atoms with Gasteiger partial charge in [-0.15, -0.1) is 0 Å². The first-order chi connectivity index (χ1) is 13.4. The van der Waals surface area contributed by atoms with Crippen LogP contribution in [0.3, 0.4) is 0 Å². The minimum atomic E-state index is -1.23. The maximum Gasteiger partial charge on any atom is 0.258 e.